The zero-order valence-electron chi connectivity index (χ0n) is 9.42. The van der Waals surface area contributed by atoms with Gasteiger partial charge in [0.15, 0.2) is 0 Å². The van der Waals surface area contributed by atoms with Crippen molar-refractivity contribution in [3.63, 3.8) is 0 Å². The summed E-state index contributed by atoms with van der Waals surface area (Å²) >= 11 is 2.34. The lowest BCUT2D eigenvalue weighted by atomic mass is 10.2. The van der Waals surface area contributed by atoms with Gasteiger partial charge in [-0.2, -0.15) is 0 Å². The highest BCUT2D eigenvalue weighted by molar-refractivity contribution is 14.1. The first kappa shape index (κ1) is 12.8. The zero-order chi connectivity index (χ0) is 11.3. The van der Waals surface area contributed by atoms with Gasteiger partial charge in [-0.25, -0.2) is 0 Å². The molecule has 0 spiro atoms. The van der Waals surface area contributed by atoms with Crippen LogP contribution in [0.5, 0.6) is 5.75 Å². The Kier molecular flexibility index (Phi) is 4.86. The van der Waals surface area contributed by atoms with E-state index in [0.29, 0.717) is 6.61 Å². The van der Waals surface area contributed by atoms with Gasteiger partial charge >= 0.3 is 0 Å². The van der Waals surface area contributed by atoms with Crippen LogP contribution < -0.4 is 4.74 Å². The van der Waals surface area contributed by atoms with Crippen LogP contribution in [0.2, 0.25) is 0 Å². The highest BCUT2D eigenvalue weighted by atomic mass is 127. The minimum atomic E-state index is -0.0658. The van der Waals surface area contributed by atoms with Gasteiger partial charge in [0.25, 0.3) is 0 Å². The minimum Gasteiger partial charge on any atom is -0.497 e. The van der Waals surface area contributed by atoms with Crippen molar-refractivity contribution in [2.75, 3.05) is 11.5 Å². The summed E-state index contributed by atoms with van der Waals surface area (Å²) in [5, 5.41) is 0. The zero-order valence-corrected chi connectivity index (χ0v) is 11.6. The van der Waals surface area contributed by atoms with Gasteiger partial charge in [0.05, 0.1) is 19.3 Å². The average molecular weight is 320 g/mol. The van der Waals surface area contributed by atoms with Gasteiger partial charge in [-0.15, -0.1) is 0 Å². The molecule has 1 rings (SSSR count). The molecule has 1 aromatic carbocycles. The Morgan fingerprint density at radius 2 is 2.07 bits per heavy atom. The van der Waals surface area contributed by atoms with Gasteiger partial charge in [0.1, 0.15) is 5.75 Å². The van der Waals surface area contributed by atoms with Gasteiger partial charge in [0, 0.05) is 4.43 Å². The number of methoxy groups -OCH3 is 1. The fourth-order valence-electron chi connectivity index (χ4n) is 1.08. The fraction of sp³-hybridized carbons (Fsp3) is 0.500. The molecule has 0 fully saturated rings. The number of rotatable bonds is 5. The third-order valence-electron chi connectivity index (χ3n) is 2.09. The summed E-state index contributed by atoms with van der Waals surface area (Å²) in [5.74, 6) is 0.878. The number of benzene rings is 1. The van der Waals surface area contributed by atoms with E-state index in [4.69, 9.17) is 9.47 Å². The number of ether oxygens (including phenoxy) is 2. The molecule has 0 aromatic heterocycles. The molecule has 0 radical (unpaired) electrons. The molecule has 0 aliphatic heterocycles. The van der Waals surface area contributed by atoms with Crippen molar-refractivity contribution in [1.82, 2.24) is 0 Å². The minimum absolute atomic E-state index is 0.0658. The molecular formula is C12H17IO2. The molecule has 0 amide bonds. The molecule has 0 atom stereocenters. The maximum atomic E-state index is 5.80. The monoisotopic (exact) mass is 320 g/mol. The van der Waals surface area contributed by atoms with Crippen LogP contribution in [0.3, 0.4) is 0 Å². The van der Waals surface area contributed by atoms with E-state index in [-0.39, 0.29) is 5.60 Å². The van der Waals surface area contributed by atoms with Crippen LogP contribution in [-0.4, -0.2) is 17.1 Å². The van der Waals surface area contributed by atoms with Gasteiger partial charge in [0.2, 0.25) is 0 Å². The molecule has 0 aliphatic carbocycles. The van der Waals surface area contributed by atoms with E-state index >= 15 is 0 Å². The third-order valence-corrected chi connectivity index (χ3v) is 3.92. The Morgan fingerprint density at radius 3 is 2.67 bits per heavy atom. The molecule has 0 saturated heterocycles. The Bertz CT molecular complexity index is 310. The SMILES string of the molecule is COc1cccc(COC(C)(C)CI)c1. The number of hydrogen-bond donors (Lipinski definition) is 0. The molecule has 0 unspecified atom stereocenters. The fourth-order valence-corrected chi connectivity index (χ4v) is 1.30. The van der Waals surface area contributed by atoms with Crippen molar-refractivity contribution in [2.45, 2.75) is 26.1 Å². The van der Waals surface area contributed by atoms with Crippen molar-refractivity contribution < 1.29 is 9.47 Å². The number of halogens is 1. The predicted octanol–water partition coefficient (Wildman–Crippen LogP) is 3.43. The molecule has 3 heteroatoms. The maximum Gasteiger partial charge on any atom is 0.119 e. The average Bonchev–Trinajstić information content (AvgIpc) is 2.27. The van der Waals surface area contributed by atoms with Crippen molar-refractivity contribution >= 4 is 22.6 Å². The Hall–Kier alpha value is -0.290. The first-order chi connectivity index (χ1) is 7.07. The Balaban J connectivity index is 2.57. The van der Waals surface area contributed by atoms with Crippen LogP contribution in [0.1, 0.15) is 19.4 Å². The lowest BCUT2D eigenvalue weighted by Gasteiger charge is -2.22. The van der Waals surface area contributed by atoms with Crippen molar-refractivity contribution in [3.8, 4) is 5.75 Å². The normalized spacial score (nSPS) is 11.5. The lowest BCUT2D eigenvalue weighted by Crippen LogP contribution is -2.25. The third kappa shape index (κ3) is 4.38. The summed E-state index contributed by atoms with van der Waals surface area (Å²) < 4.78 is 11.9. The molecule has 0 heterocycles. The summed E-state index contributed by atoms with van der Waals surface area (Å²) in [6.45, 7) is 4.83. The topological polar surface area (TPSA) is 18.5 Å². The van der Waals surface area contributed by atoms with Crippen LogP contribution in [0, 0.1) is 0 Å². The lowest BCUT2D eigenvalue weighted by molar-refractivity contribution is -0.00913. The molecule has 0 bridgehead atoms. The molecule has 84 valence electrons. The van der Waals surface area contributed by atoms with Crippen molar-refractivity contribution in [1.29, 1.82) is 0 Å². The van der Waals surface area contributed by atoms with Gasteiger partial charge in [-0.05, 0) is 31.5 Å². The second-order valence-corrected chi connectivity index (χ2v) is 4.80. The highest BCUT2D eigenvalue weighted by Gasteiger charge is 2.16. The van der Waals surface area contributed by atoms with Gasteiger partial charge in [-0.1, -0.05) is 34.7 Å². The van der Waals surface area contributed by atoms with E-state index in [1.807, 2.05) is 24.3 Å². The van der Waals surface area contributed by atoms with Crippen molar-refractivity contribution in [3.05, 3.63) is 29.8 Å². The first-order valence-corrected chi connectivity index (χ1v) is 6.43. The van der Waals surface area contributed by atoms with E-state index in [0.717, 1.165) is 15.7 Å². The highest BCUT2D eigenvalue weighted by Crippen LogP contribution is 2.18. The summed E-state index contributed by atoms with van der Waals surface area (Å²) in [5.41, 5.74) is 1.08. The number of alkyl halides is 1. The summed E-state index contributed by atoms with van der Waals surface area (Å²) in [6.07, 6.45) is 0. The van der Waals surface area contributed by atoms with E-state index in [9.17, 15) is 0 Å². The smallest absolute Gasteiger partial charge is 0.119 e. The summed E-state index contributed by atoms with van der Waals surface area (Å²) in [6, 6.07) is 7.97. The van der Waals surface area contributed by atoms with Crippen LogP contribution in [0.4, 0.5) is 0 Å². The quantitative estimate of drug-likeness (QED) is 0.611. The van der Waals surface area contributed by atoms with Gasteiger partial charge < -0.3 is 9.47 Å². The second kappa shape index (κ2) is 5.70. The summed E-state index contributed by atoms with van der Waals surface area (Å²) in [7, 11) is 1.68. The molecule has 0 saturated carbocycles. The molecule has 0 N–H and O–H groups in total. The van der Waals surface area contributed by atoms with E-state index < -0.39 is 0 Å². The largest absolute Gasteiger partial charge is 0.497 e. The molecular weight excluding hydrogens is 303 g/mol. The maximum absolute atomic E-state index is 5.80. The van der Waals surface area contributed by atoms with E-state index in [2.05, 4.69) is 36.4 Å². The van der Waals surface area contributed by atoms with Gasteiger partial charge in [-0.3, -0.25) is 0 Å². The van der Waals surface area contributed by atoms with Crippen LogP contribution in [0.25, 0.3) is 0 Å². The van der Waals surface area contributed by atoms with Crippen molar-refractivity contribution in [2.24, 2.45) is 0 Å². The predicted molar refractivity (Wildman–Crippen MR) is 70.7 cm³/mol. The molecule has 15 heavy (non-hydrogen) atoms. The summed E-state index contributed by atoms with van der Waals surface area (Å²) in [4.78, 5) is 0. The molecule has 0 aliphatic rings. The van der Waals surface area contributed by atoms with E-state index in [1.54, 1.807) is 7.11 Å². The van der Waals surface area contributed by atoms with E-state index in [1.165, 1.54) is 0 Å². The second-order valence-electron chi connectivity index (χ2n) is 4.03. The Labute approximate surface area is 105 Å². The molecule has 2 nitrogen and oxygen atoms in total. The van der Waals surface area contributed by atoms with Crippen LogP contribution in [-0.2, 0) is 11.3 Å². The number of hydrogen-bond acceptors (Lipinski definition) is 2. The van der Waals surface area contributed by atoms with Crippen LogP contribution in [0.15, 0.2) is 24.3 Å². The van der Waals surface area contributed by atoms with Crippen LogP contribution >= 0.6 is 22.6 Å². The molecule has 1 aromatic rings. The Morgan fingerprint density at radius 1 is 1.33 bits per heavy atom. The first-order valence-electron chi connectivity index (χ1n) is 4.90. The standard InChI is InChI=1S/C12H17IO2/c1-12(2,9-13)15-8-10-5-4-6-11(7-10)14-3/h4-7H,8-9H2,1-3H3.